The van der Waals surface area contributed by atoms with Crippen molar-refractivity contribution < 1.29 is 9.90 Å². The van der Waals surface area contributed by atoms with E-state index in [1.54, 1.807) is 11.3 Å². The zero-order valence-corrected chi connectivity index (χ0v) is 9.85. The predicted molar refractivity (Wildman–Crippen MR) is 61.3 cm³/mol. The average Bonchev–Trinajstić information content (AvgIpc) is 2.61. The van der Waals surface area contributed by atoms with Gasteiger partial charge >= 0.3 is 5.97 Å². The first kappa shape index (κ1) is 12.2. The molecule has 0 saturated heterocycles. The molecule has 1 aromatic rings. The summed E-state index contributed by atoms with van der Waals surface area (Å²) in [7, 11) is 0. The maximum absolute atomic E-state index is 10.3. The van der Waals surface area contributed by atoms with Crippen LogP contribution in [0.2, 0.25) is 0 Å². The van der Waals surface area contributed by atoms with E-state index in [2.05, 4.69) is 17.3 Å². The number of nitrogens with zero attached hydrogens (tertiary/aromatic N) is 1. The van der Waals surface area contributed by atoms with E-state index in [0.717, 1.165) is 37.1 Å². The molecule has 0 fully saturated rings. The number of rotatable bonds is 7. The molecule has 0 aliphatic carbocycles. The third-order valence-corrected chi connectivity index (χ3v) is 3.09. The number of hydrogen-bond donors (Lipinski definition) is 1. The standard InChI is InChI=1S/C11H17NO2S/c1-2-5-9-8-15-10(12-9)6-3-4-7-11(13)14/h8H,2-7H2,1H3,(H,13,14). The monoisotopic (exact) mass is 227 g/mol. The molecule has 0 aliphatic rings. The van der Waals surface area contributed by atoms with Gasteiger partial charge in [0.05, 0.1) is 10.7 Å². The Balaban J connectivity index is 2.22. The normalized spacial score (nSPS) is 10.5. The van der Waals surface area contributed by atoms with Crippen LogP contribution >= 0.6 is 11.3 Å². The zero-order chi connectivity index (χ0) is 11.1. The topological polar surface area (TPSA) is 50.2 Å². The Labute approximate surface area is 94.2 Å². The highest BCUT2D eigenvalue weighted by atomic mass is 32.1. The molecule has 0 aliphatic heterocycles. The molecule has 0 bridgehead atoms. The second-order valence-electron chi connectivity index (χ2n) is 3.58. The molecule has 84 valence electrons. The lowest BCUT2D eigenvalue weighted by Gasteiger charge is -1.95. The van der Waals surface area contributed by atoms with Gasteiger partial charge in [0.15, 0.2) is 0 Å². The van der Waals surface area contributed by atoms with Crippen molar-refractivity contribution in [1.29, 1.82) is 0 Å². The summed E-state index contributed by atoms with van der Waals surface area (Å²) < 4.78 is 0. The SMILES string of the molecule is CCCc1csc(CCCCC(=O)O)n1. The quantitative estimate of drug-likeness (QED) is 0.729. The molecular weight excluding hydrogens is 210 g/mol. The van der Waals surface area contributed by atoms with E-state index in [0.29, 0.717) is 0 Å². The lowest BCUT2D eigenvalue weighted by molar-refractivity contribution is -0.137. The van der Waals surface area contributed by atoms with E-state index >= 15 is 0 Å². The van der Waals surface area contributed by atoms with Crippen LogP contribution in [0, 0.1) is 0 Å². The molecule has 0 unspecified atom stereocenters. The van der Waals surface area contributed by atoms with Crippen LogP contribution < -0.4 is 0 Å². The molecule has 1 rings (SSSR count). The summed E-state index contributed by atoms with van der Waals surface area (Å²) in [5, 5.41) is 11.7. The minimum absolute atomic E-state index is 0.271. The number of hydrogen-bond acceptors (Lipinski definition) is 3. The lowest BCUT2D eigenvalue weighted by Crippen LogP contribution is -1.95. The fourth-order valence-corrected chi connectivity index (χ4v) is 2.26. The fourth-order valence-electron chi connectivity index (χ4n) is 1.39. The van der Waals surface area contributed by atoms with Gasteiger partial charge in [-0.3, -0.25) is 4.79 Å². The number of aliphatic carboxylic acids is 1. The zero-order valence-electron chi connectivity index (χ0n) is 9.03. The van der Waals surface area contributed by atoms with Crippen molar-refractivity contribution in [2.24, 2.45) is 0 Å². The van der Waals surface area contributed by atoms with Gasteiger partial charge in [-0.25, -0.2) is 4.98 Å². The molecule has 0 amide bonds. The van der Waals surface area contributed by atoms with Gasteiger partial charge in [0.2, 0.25) is 0 Å². The fraction of sp³-hybridized carbons (Fsp3) is 0.636. The van der Waals surface area contributed by atoms with E-state index in [1.807, 2.05) is 0 Å². The minimum atomic E-state index is -0.708. The number of thiazole rings is 1. The molecule has 1 N–H and O–H groups in total. The first-order chi connectivity index (χ1) is 7.22. The highest BCUT2D eigenvalue weighted by molar-refractivity contribution is 7.09. The van der Waals surface area contributed by atoms with Gasteiger partial charge in [-0.2, -0.15) is 0 Å². The number of carbonyl (C=O) groups is 1. The summed E-state index contributed by atoms with van der Waals surface area (Å²) in [6, 6.07) is 0. The van der Waals surface area contributed by atoms with E-state index < -0.39 is 5.97 Å². The first-order valence-corrected chi connectivity index (χ1v) is 6.25. The Morgan fingerprint density at radius 1 is 1.47 bits per heavy atom. The summed E-state index contributed by atoms with van der Waals surface area (Å²) in [5.41, 5.74) is 1.18. The second kappa shape index (κ2) is 6.56. The van der Waals surface area contributed by atoms with Crippen molar-refractivity contribution in [3.8, 4) is 0 Å². The highest BCUT2D eigenvalue weighted by Gasteiger charge is 2.02. The van der Waals surface area contributed by atoms with Crippen LogP contribution in [-0.4, -0.2) is 16.1 Å². The van der Waals surface area contributed by atoms with E-state index in [4.69, 9.17) is 5.11 Å². The van der Waals surface area contributed by atoms with Crippen LogP contribution in [0.25, 0.3) is 0 Å². The van der Waals surface area contributed by atoms with Gasteiger partial charge in [0.1, 0.15) is 0 Å². The summed E-state index contributed by atoms with van der Waals surface area (Å²) in [6.07, 6.45) is 5.03. The summed E-state index contributed by atoms with van der Waals surface area (Å²) in [4.78, 5) is 14.8. The molecule has 0 radical (unpaired) electrons. The van der Waals surface area contributed by atoms with Gasteiger partial charge in [-0.05, 0) is 25.7 Å². The molecule has 0 saturated carbocycles. The lowest BCUT2D eigenvalue weighted by atomic mass is 10.2. The van der Waals surface area contributed by atoms with Crippen molar-refractivity contribution in [3.63, 3.8) is 0 Å². The highest BCUT2D eigenvalue weighted by Crippen LogP contribution is 2.14. The summed E-state index contributed by atoms with van der Waals surface area (Å²) in [5.74, 6) is -0.708. The van der Waals surface area contributed by atoms with Crippen LogP contribution in [0.1, 0.15) is 43.3 Å². The third-order valence-electron chi connectivity index (χ3n) is 2.14. The Hall–Kier alpha value is -0.900. The molecule has 1 aromatic heterocycles. The van der Waals surface area contributed by atoms with Crippen molar-refractivity contribution in [2.75, 3.05) is 0 Å². The molecule has 1 heterocycles. The number of aryl methyl sites for hydroxylation is 2. The van der Waals surface area contributed by atoms with Crippen LogP contribution in [0.3, 0.4) is 0 Å². The molecule has 0 spiro atoms. The van der Waals surface area contributed by atoms with Crippen molar-refractivity contribution in [3.05, 3.63) is 16.1 Å². The molecular formula is C11H17NO2S. The number of carboxylic acids is 1. The van der Waals surface area contributed by atoms with Gasteiger partial charge in [0, 0.05) is 11.8 Å². The van der Waals surface area contributed by atoms with E-state index in [-0.39, 0.29) is 6.42 Å². The number of unbranched alkanes of at least 4 members (excludes halogenated alkanes) is 1. The Morgan fingerprint density at radius 2 is 2.27 bits per heavy atom. The molecule has 4 heteroatoms. The maximum atomic E-state index is 10.3. The van der Waals surface area contributed by atoms with Crippen LogP contribution in [-0.2, 0) is 17.6 Å². The Bertz CT molecular complexity index is 309. The number of carboxylic acid groups (broad SMARTS) is 1. The first-order valence-electron chi connectivity index (χ1n) is 5.37. The summed E-state index contributed by atoms with van der Waals surface area (Å²) in [6.45, 7) is 2.14. The minimum Gasteiger partial charge on any atom is -0.481 e. The van der Waals surface area contributed by atoms with Crippen molar-refractivity contribution in [2.45, 2.75) is 45.4 Å². The van der Waals surface area contributed by atoms with E-state index in [9.17, 15) is 4.79 Å². The average molecular weight is 227 g/mol. The van der Waals surface area contributed by atoms with Gasteiger partial charge in [-0.1, -0.05) is 13.3 Å². The van der Waals surface area contributed by atoms with Crippen molar-refractivity contribution >= 4 is 17.3 Å². The van der Waals surface area contributed by atoms with Gasteiger partial charge < -0.3 is 5.11 Å². The Kier molecular flexibility index (Phi) is 5.32. The van der Waals surface area contributed by atoms with Crippen LogP contribution in [0.5, 0.6) is 0 Å². The molecule has 3 nitrogen and oxygen atoms in total. The van der Waals surface area contributed by atoms with E-state index in [1.165, 1.54) is 5.69 Å². The number of aromatic nitrogens is 1. The second-order valence-corrected chi connectivity index (χ2v) is 4.53. The smallest absolute Gasteiger partial charge is 0.303 e. The predicted octanol–water partition coefficient (Wildman–Crippen LogP) is 2.89. The van der Waals surface area contributed by atoms with Gasteiger partial charge in [-0.15, -0.1) is 11.3 Å². The summed E-state index contributed by atoms with van der Waals surface area (Å²) >= 11 is 1.69. The molecule has 0 atom stereocenters. The third kappa shape index (κ3) is 4.93. The Morgan fingerprint density at radius 3 is 2.93 bits per heavy atom. The molecule has 15 heavy (non-hydrogen) atoms. The van der Waals surface area contributed by atoms with Crippen LogP contribution in [0.4, 0.5) is 0 Å². The van der Waals surface area contributed by atoms with Crippen LogP contribution in [0.15, 0.2) is 5.38 Å². The largest absolute Gasteiger partial charge is 0.481 e. The molecule has 0 aromatic carbocycles. The maximum Gasteiger partial charge on any atom is 0.303 e. The van der Waals surface area contributed by atoms with Gasteiger partial charge in [0.25, 0.3) is 0 Å². The van der Waals surface area contributed by atoms with Crippen molar-refractivity contribution in [1.82, 2.24) is 4.98 Å².